The molecule has 1 fully saturated rings. The minimum atomic E-state index is -0.528. The van der Waals surface area contributed by atoms with Crippen LogP contribution in [-0.2, 0) is 16.0 Å². The molecule has 1 saturated heterocycles. The lowest BCUT2D eigenvalue weighted by atomic mass is 10.1. The highest BCUT2D eigenvalue weighted by molar-refractivity contribution is 5.94. The van der Waals surface area contributed by atoms with Crippen LogP contribution >= 0.6 is 0 Å². The maximum atomic E-state index is 13.1. The molecular weight excluding hydrogens is 404 g/mol. The number of nitrogens with zero attached hydrogens (tertiary/aromatic N) is 2. The number of anilines is 1. The van der Waals surface area contributed by atoms with Gasteiger partial charge in [0.15, 0.2) is 0 Å². The predicted molar refractivity (Wildman–Crippen MR) is 120 cm³/mol. The van der Waals surface area contributed by atoms with Crippen LogP contribution in [0.4, 0.5) is 5.82 Å². The van der Waals surface area contributed by atoms with E-state index in [1.54, 1.807) is 30.5 Å². The predicted octanol–water partition coefficient (Wildman–Crippen LogP) is 3.24. The van der Waals surface area contributed by atoms with E-state index in [-0.39, 0.29) is 12.0 Å². The third-order valence-corrected chi connectivity index (χ3v) is 5.14. The Balaban J connectivity index is 1.38. The molecule has 1 amide bonds. The van der Waals surface area contributed by atoms with Gasteiger partial charge in [0.2, 0.25) is 5.91 Å². The van der Waals surface area contributed by atoms with Gasteiger partial charge in [0.1, 0.15) is 23.7 Å². The highest BCUT2D eigenvalue weighted by Gasteiger charge is 2.22. The number of amides is 1. The van der Waals surface area contributed by atoms with Gasteiger partial charge in [-0.15, -0.1) is 0 Å². The Kier molecular flexibility index (Phi) is 7.08. The van der Waals surface area contributed by atoms with Crippen LogP contribution in [0.3, 0.4) is 0 Å². The summed E-state index contributed by atoms with van der Waals surface area (Å²) in [5, 5.41) is 15.2. The largest absolute Gasteiger partial charge is 0.484 e. The van der Waals surface area contributed by atoms with E-state index in [2.05, 4.69) is 21.7 Å². The first-order valence-corrected chi connectivity index (χ1v) is 10.5. The zero-order valence-electron chi connectivity index (χ0n) is 17.5. The highest BCUT2D eigenvalue weighted by Crippen LogP contribution is 2.19. The maximum absolute atomic E-state index is 13.1. The van der Waals surface area contributed by atoms with Gasteiger partial charge in [0.05, 0.1) is 31.0 Å². The van der Waals surface area contributed by atoms with Crippen LogP contribution in [0.2, 0.25) is 0 Å². The number of carbonyl (C=O) groups excluding carboxylic acids is 1. The average molecular weight is 428 g/mol. The van der Waals surface area contributed by atoms with Crippen molar-refractivity contribution < 1.29 is 14.3 Å². The zero-order valence-corrected chi connectivity index (χ0v) is 17.5. The van der Waals surface area contributed by atoms with Crippen molar-refractivity contribution >= 4 is 11.7 Å². The van der Waals surface area contributed by atoms with Crippen LogP contribution in [0.15, 0.2) is 72.9 Å². The Labute approximate surface area is 187 Å². The smallest absolute Gasteiger partial charge is 0.247 e. The molecule has 0 bridgehead atoms. The summed E-state index contributed by atoms with van der Waals surface area (Å²) in [5.74, 6) is 0.920. The van der Waals surface area contributed by atoms with Crippen LogP contribution in [0.5, 0.6) is 5.75 Å². The molecule has 2 heterocycles. The van der Waals surface area contributed by atoms with E-state index in [4.69, 9.17) is 14.7 Å². The molecule has 1 aromatic heterocycles. The number of ether oxygens (including phenoxy) is 2. The fraction of sp³-hybridized carbons (Fsp3) is 0.240. The monoisotopic (exact) mass is 428 g/mol. The molecular formula is C25H24N4O3. The lowest BCUT2D eigenvalue weighted by Crippen LogP contribution is -2.38. The van der Waals surface area contributed by atoms with Crippen LogP contribution in [0, 0.1) is 11.3 Å². The van der Waals surface area contributed by atoms with E-state index < -0.39 is 6.04 Å². The molecule has 7 heteroatoms. The third kappa shape index (κ3) is 5.70. The Bertz CT molecular complexity index is 1060. The lowest BCUT2D eigenvalue weighted by Gasteiger charge is -2.26. The average Bonchev–Trinajstić information content (AvgIpc) is 2.81. The molecule has 7 nitrogen and oxygen atoms in total. The van der Waals surface area contributed by atoms with Crippen molar-refractivity contribution in [1.82, 2.24) is 10.3 Å². The second-order valence-electron chi connectivity index (χ2n) is 7.50. The van der Waals surface area contributed by atoms with E-state index in [0.717, 1.165) is 17.5 Å². The van der Waals surface area contributed by atoms with Crippen LogP contribution in [-0.4, -0.2) is 36.8 Å². The SMILES string of the molecule is N#Cc1ccc(CCNC(C(=O)Nc2ccc(OC3COC3)cn2)c2ccccc2)cc1. The number of benzene rings is 2. The van der Waals surface area contributed by atoms with Crippen LogP contribution in [0.25, 0.3) is 0 Å². The Hall–Kier alpha value is -3.73. The topological polar surface area (TPSA) is 96.3 Å². The maximum Gasteiger partial charge on any atom is 0.247 e. The number of carbonyl (C=O) groups is 1. The van der Waals surface area contributed by atoms with Crippen LogP contribution in [0.1, 0.15) is 22.7 Å². The normalized spacial score (nSPS) is 14.1. The summed E-state index contributed by atoms with van der Waals surface area (Å²) in [5.41, 5.74) is 2.60. The minimum absolute atomic E-state index is 0.0695. The minimum Gasteiger partial charge on any atom is -0.484 e. The molecule has 0 radical (unpaired) electrons. The molecule has 1 aliphatic rings. The molecule has 4 rings (SSSR count). The summed E-state index contributed by atoms with van der Waals surface area (Å²) in [6.45, 7) is 1.78. The second kappa shape index (κ2) is 10.5. The lowest BCUT2D eigenvalue weighted by molar-refractivity contribution is -0.118. The Morgan fingerprint density at radius 2 is 1.91 bits per heavy atom. The van der Waals surface area contributed by atoms with Gasteiger partial charge < -0.3 is 20.1 Å². The van der Waals surface area contributed by atoms with E-state index in [9.17, 15) is 4.79 Å². The zero-order chi connectivity index (χ0) is 22.2. The van der Waals surface area contributed by atoms with Gasteiger partial charge in [-0.3, -0.25) is 4.79 Å². The van der Waals surface area contributed by atoms with Gasteiger partial charge in [-0.25, -0.2) is 4.98 Å². The molecule has 1 aliphatic heterocycles. The number of pyridine rings is 1. The fourth-order valence-electron chi connectivity index (χ4n) is 3.31. The highest BCUT2D eigenvalue weighted by atomic mass is 16.6. The Morgan fingerprint density at radius 1 is 1.12 bits per heavy atom. The fourth-order valence-corrected chi connectivity index (χ4v) is 3.31. The van der Waals surface area contributed by atoms with Crippen molar-refractivity contribution in [3.8, 4) is 11.8 Å². The number of hydrogen-bond acceptors (Lipinski definition) is 6. The van der Waals surface area contributed by atoms with Gasteiger partial charge in [-0.2, -0.15) is 5.26 Å². The number of nitrogens with one attached hydrogen (secondary N) is 2. The summed E-state index contributed by atoms with van der Waals surface area (Å²) in [7, 11) is 0. The van der Waals surface area contributed by atoms with Gasteiger partial charge in [0.25, 0.3) is 0 Å². The molecule has 3 aromatic rings. The van der Waals surface area contributed by atoms with E-state index in [1.807, 2.05) is 42.5 Å². The van der Waals surface area contributed by atoms with Crippen molar-refractivity contribution in [2.24, 2.45) is 0 Å². The summed E-state index contributed by atoms with van der Waals surface area (Å²) in [6.07, 6.45) is 2.40. The van der Waals surface area contributed by atoms with Crippen LogP contribution < -0.4 is 15.4 Å². The van der Waals surface area contributed by atoms with Crippen molar-refractivity contribution in [3.63, 3.8) is 0 Å². The van der Waals surface area contributed by atoms with Crippen molar-refractivity contribution in [1.29, 1.82) is 5.26 Å². The van der Waals surface area contributed by atoms with E-state index in [0.29, 0.717) is 36.9 Å². The summed E-state index contributed by atoms with van der Waals surface area (Å²) >= 11 is 0. The molecule has 0 aliphatic carbocycles. The first-order chi connectivity index (χ1) is 15.7. The third-order valence-electron chi connectivity index (χ3n) is 5.14. The number of aromatic nitrogens is 1. The first kappa shape index (κ1) is 21.5. The second-order valence-corrected chi connectivity index (χ2v) is 7.50. The molecule has 0 spiro atoms. The van der Waals surface area contributed by atoms with Crippen molar-refractivity contribution in [2.45, 2.75) is 18.6 Å². The molecule has 1 atom stereocenters. The molecule has 1 unspecified atom stereocenters. The van der Waals surface area contributed by atoms with E-state index >= 15 is 0 Å². The van der Waals surface area contributed by atoms with Gasteiger partial charge in [0, 0.05) is 6.54 Å². The molecule has 2 aromatic carbocycles. The van der Waals surface area contributed by atoms with Gasteiger partial charge in [-0.05, 0) is 41.8 Å². The molecule has 32 heavy (non-hydrogen) atoms. The summed E-state index contributed by atoms with van der Waals surface area (Å²) < 4.78 is 10.8. The summed E-state index contributed by atoms with van der Waals surface area (Å²) in [4.78, 5) is 17.4. The van der Waals surface area contributed by atoms with E-state index in [1.165, 1.54) is 0 Å². The molecule has 2 N–H and O–H groups in total. The molecule has 0 saturated carbocycles. The molecule has 162 valence electrons. The number of nitriles is 1. The van der Waals surface area contributed by atoms with Crippen molar-refractivity contribution in [3.05, 3.63) is 89.6 Å². The first-order valence-electron chi connectivity index (χ1n) is 10.5. The standard InChI is InChI=1S/C25H24N4O3/c26-14-19-8-6-18(7-9-19)12-13-27-24(20-4-2-1-3-5-20)25(30)29-23-11-10-21(15-28-23)32-22-16-31-17-22/h1-11,15,22,24,27H,12-13,16-17H2,(H,28,29,30). The summed E-state index contributed by atoms with van der Waals surface area (Å²) in [6, 6.07) is 22.1. The van der Waals surface area contributed by atoms with Crippen molar-refractivity contribution in [2.75, 3.05) is 25.1 Å². The number of hydrogen-bond donors (Lipinski definition) is 2. The Morgan fingerprint density at radius 3 is 2.53 bits per heavy atom. The quantitative estimate of drug-likeness (QED) is 0.543. The number of rotatable bonds is 9. The van der Waals surface area contributed by atoms with Gasteiger partial charge in [-0.1, -0.05) is 42.5 Å². The van der Waals surface area contributed by atoms with Gasteiger partial charge >= 0.3 is 0 Å².